The number of nitrogens with zero attached hydrogens (tertiary/aromatic N) is 1. The average molecular weight is 281 g/mol. The van der Waals surface area contributed by atoms with Crippen LogP contribution in [0, 0.1) is 5.92 Å². The van der Waals surface area contributed by atoms with Crippen molar-refractivity contribution < 1.29 is 0 Å². The standard InChI is InChI=1S/C18H36N2/c1-4-7-8-9-10-13-20-15-18(5-2,6-3)19-14-17(20)16-11-12-16/h16-17,19H,4-15H2,1-3H3. The predicted octanol–water partition coefficient (Wildman–Crippen LogP) is 4.20. The normalized spacial score (nSPS) is 26.9. The van der Waals surface area contributed by atoms with Gasteiger partial charge in [-0.1, -0.05) is 46.5 Å². The maximum Gasteiger partial charge on any atom is 0.0304 e. The maximum absolute atomic E-state index is 3.90. The molecule has 118 valence electrons. The van der Waals surface area contributed by atoms with Crippen LogP contribution in [0.25, 0.3) is 0 Å². The summed E-state index contributed by atoms with van der Waals surface area (Å²) < 4.78 is 0. The number of unbranched alkanes of at least 4 members (excludes halogenated alkanes) is 4. The number of rotatable bonds is 9. The van der Waals surface area contributed by atoms with E-state index in [1.807, 2.05) is 0 Å². The second-order valence-electron chi connectivity index (χ2n) is 7.16. The first-order valence-corrected chi connectivity index (χ1v) is 9.23. The highest BCUT2D eigenvalue weighted by atomic mass is 15.3. The van der Waals surface area contributed by atoms with E-state index in [1.165, 1.54) is 77.4 Å². The van der Waals surface area contributed by atoms with E-state index >= 15 is 0 Å². The van der Waals surface area contributed by atoms with Crippen molar-refractivity contribution in [3.63, 3.8) is 0 Å². The Hall–Kier alpha value is -0.0800. The molecule has 0 aromatic carbocycles. The van der Waals surface area contributed by atoms with Gasteiger partial charge in [0.1, 0.15) is 0 Å². The van der Waals surface area contributed by atoms with Gasteiger partial charge in [-0.25, -0.2) is 0 Å². The molecule has 0 amide bonds. The fourth-order valence-corrected chi connectivity index (χ4v) is 3.84. The van der Waals surface area contributed by atoms with Crippen LogP contribution in [-0.4, -0.2) is 36.1 Å². The van der Waals surface area contributed by atoms with E-state index in [4.69, 9.17) is 0 Å². The van der Waals surface area contributed by atoms with Gasteiger partial charge in [0, 0.05) is 24.7 Å². The average Bonchev–Trinajstić information content (AvgIpc) is 3.31. The van der Waals surface area contributed by atoms with Crippen LogP contribution >= 0.6 is 0 Å². The van der Waals surface area contributed by atoms with Crippen molar-refractivity contribution >= 4 is 0 Å². The summed E-state index contributed by atoms with van der Waals surface area (Å²) >= 11 is 0. The molecule has 1 aliphatic heterocycles. The van der Waals surface area contributed by atoms with Crippen LogP contribution in [0.3, 0.4) is 0 Å². The summed E-state index contributed by atoms with van der Waals surface area (Å²) in [5, 5.41) is 3.90. The number of hydrogen-bond donors (Lipinski definition) is 1. The van der Waals surface area contributed by atoms with Gasteiger partial charge in [0.15, 0.2) is 0 Å². The van der Waals surface area contributed by atoms with Gasteiger partial charge in [0.2, 0.25) is 0 Å². The first-order chi connectivity index (χ1) is 9.74. The van der Waals surface area contributed by atoms with E-state index < -0.39 is 0 Å². The Morgan fingerprint density at radius 3 is 2.30 bits per heavy atom. The molecular weight excluding hydrogens is 244 g/mol. The summed E-state index contributed by atoms with van der Waals surface area (Å²) in [6, 6.07) is 0.840. The number of nitrogens with one attached hydrogen (secondary N) is 1. The lowest BCUT2D eigenvalue weighted by molar-refractivity contribution is 0.0605. The van der Waals surface area contributed by atoms with Crippen molar-refractivity contribution in [2.75, 3.05) is 19.6 Å². The van der Waals surface area contributed by atoms with Gasteiger partial charge in [-0.3, -0.25) is 4.90 Å². The van der Waals surface area contributed by atoms with Gasteiger partial charge in [0.25, 0.3) is 0 Å². The molecule has 2 heteroatoms. The number of piperazine rings is 1. The molecule has 1 saturated carbocycles. The van der Waals surface area contributed by atoms with Crippen molar-refractivity contribution in [1.29, 1.82) is 0 Å². The van der Waals surface area contributed by atoms with Crippen LogP contribution in [0.4, 0.5) is 0 Å². The Kier molecular flexibility index (Phi) is 6.35. The second kappa shape index (κ2) is 7.79. The highest BCUT2D eigenvalue weighted by molar-refractivity contribution is 5.01. The third-order valence-corrected chi connectivity index (χ3v) is 5.73. The Bertz CT molecular complexity index is 269. The van der Waals surface area contributed by atoms with Gasteiger partial charge in [-0.15, -0.1) is 0 Å². The van der Waals surface area contributed by atoms with Gasteiger partial charge in [0.05, 0.1) is 0 Å². The zero-order valence-electron chi connectivity index (χ0n) is 14.1. The van der Waals surface area contributed by atoms with Crippen molar-refractivity contribution in [3.8, 4) is 0 Å². The summed E-state index contributed by atoms with van der Waals surface area (Å²) in [6.07, 6.45) is 12.5. The summed E-state index contributed by atoms with van der Waals surface area (Å²) in [4.78, 5) is 2.85. The molecule has 0 aromatic heterocycles. The van der Waals surface area contributed by atoms with Crippen LogP contribution in [0.2, 0.25) is 0 Å². The molecule has 0 bridgehead atoms. The molecule has 2 nitrogen and oxygen atoms in total. The molecular formula is C18H36N2. The number of hydrogen-bond acceptors (Lipinski definition) is 2. The summed E-state index contributed by atoms with van der Waals surface area (Å²) in [7, 11) is 0. The van der Waals surface area contributed by atoms with E-state index in [2.05, 4.69) is 31.0 Å². The largest absolute Gasteiger partial charge is 0.308 e. The molecule has 1 aliphatic carbocycles. The second-order valence-corrected chi connectivity index (χ2v) is 7.16. The molecule has 1 atom stereocenters. The zero-order chi connectivity index (χ0) is 14.4. The summed E-state index contributed by atoms with van der Waals surface area (Å²) in [6.45, 7) is 10.9. The van der Waals surface area contributed by atoms with Crippen molar-refractivity contribution in [1.82, 2.24) is 10.2 Å². The van der Waals surface area contributed by atoms with E-state index in [9.17, 15) is 0 Å². The zero-order valence-corrected chi connectivity index (χ0v) is 14.1. The first kappa shape index (κ1) is 16.3. The molecule has 0 aromatic rings. The lowest BCUT2D eigenvalue weighted by atomic mass is 9.87. The predicted molar refractivity (Wildman–Crippen MR) is 88.2 cm³/mol. The third-order valence-electron chi connectivity index (χ3n) is 5.73. The van der Waals surface area contributed by atoms with Crippen molar-refractivity contribution in [3.05, 3.63) is 0 Å². The maximum atomic E-state index is 3.90. The fraction of sp³-hybridized carbons (Fsp3) is 1.00. The minimum absolute atomic E-state index is 0.398. The molecule has 2 rings (SSSR count). The Morgan fingerprint density at radius 1 is 1.00 bits per heavy atom. The minimum atomic E-state index is 0.398. The van der Waals surface area contributed by atoms with E-state index in [0.29, 0.717) is 5.54 Å². The lowest BCUT2D eigenvalue weighted by Crippen LogP contribution is -2.64. The molecule has 1 unspecified atom stereocenters. The van der Waals surface area contributed by atoms with Crippen LogP contribution in [0.5, 0.6) is 0 Å². The summed E-state index contributed by atoms with van der Waals surface area (Å²) in [5.74, 6) is 1.00. The molecule has 2 fully saturated rings. The van der Waals surface area contributed by atoms with Crippen molar-refractivity contribution in [2.24, 2.45) is 5.92 Å². The van der Waals surface area contributed by atoms with Gasteiger partial charge in [-0.05, 0) is 44.6 Å². The Labute approximate surface area is 126 Å². The van der Waals surface area contributed by atoms with Gasteiger partial charge >= 0.3 is 0 Å². The quantitative estimate of drug-likeness (QED) is 0.637. The molecule has 1 saturated heterocycles. The summed E-state index contributed by atoms with van der Waals surface area (Å²) in [5.41, 5.74) is 0.398. The van der Waals surface area contributed by atoms with E-state index in [1.54, 1.807) is 0 Å². The van der Waals surface area contributed by atoms with Crippen LogP contribution in [-0.2, 0) is 0 Å². The van der Waals surface area contributed by atoms with E-state index in [-0.39, 0.29) is 0 Å². The van der Waals surface area contributed by atoms with Gasteiger partial charge in [-0.2, -0.15) is 0 Å². The SMILES string of the molecule is CCCCCCCN1CC(CC)(CC)NCC1C1CC1. The highest BCUT2D eigenvalue weighted by Crippen LogP contribution is 2.38. The smallest absolute Gasteiger partial charge is 0.0304 e. The molecule has 1 heterocycles. The van der Waals surface area contributed by atoms with Crippen LogP contribution in [0.15, 0.2) is 0 Å². The van der Waals surface area contributed by atoms with Crippen LogP contribution < -0.4 is 5.32 Å². The topological polar surface area (TPSA) is 15.3 Å². The molecule has 0 spiro atoms. The molecule has 20 heavy (non-hydrogen) atoms. The molecule has 2 aliphatic rings. The van der Waals surface area contributed by atoms with Crippen molar-refractivity contribution in [2.45, 2.75) is 90.1 Å². The first-order valence-electron chi connectivity index (χ1n) is 9.23. The minimum Gasteiger partial charge on any atom is -0.308 e. The highest BCUT2D eigenvalue weighted by Gasteiger charge is 2.42. The molecule has 0 radical (unpaired) electrons. The third kappa shape index (κ3) is 4.21. The Morgan fingerprint density at radius 2 is 1.70 bits per heavy atom. The lowest BCUT2D eigenvalue weighted by Gasteiger charge is -2.48. The monoisotopic (exact) mass is 280 g/mol. The van der Waals surface area contributed by atoms with Crippen LogP contribution in [0.1, 0.15) is 78.6 Å². The molecule has 1 N–H and O–H groups in total. The fourth-order valence-electron chi connectivity index (χ4n) is 3.84. The van der Waals surface area contributed by atoms with Gasteiger partial charge < -0.3 is 5.32 Å². The van der Waals surface area contributed by atoms with E-state index in [0.717, 1.165) is 12.0 Å². The Balaban J connectivity index is 1.83.